The highest BCUT2D eigenvalue weighted by Gasteiger charge is 2.03. The topological polar surface area (TPSA) is 9.23 Å². The molecule has 97 valence electrons. The standard InChI is InChI=1S/C19H15O/c1-15-8-5-6-13-19(15)16-9-7-12-18(14-16)20-17-10-3-2-4-11-17/h2-12,14H,1H3. The lowest BCUT2D eigenvalue weighted by Crippen LogP contribution is -1.86. The molecule has 1 heteroatoms. The zero-order valence-corrected chi connectivity index (χ0v) is 11.3. The van der Waals surface area contributed by atoms with E-state index < -0.39 is 0 Å². The van der Waals surface area contributed by atoms with Crippen molar-refractivity contribution in [3.63, 3.8) is 0 Å². The molecule has 0 saturated carbocycles. The molecule has 0 fully saturated rings. The first-order valence-electron chi connectivity index (χ1n) is 6.63. The van der Waals surface area contributed by atoms with Gasteiger partial charge in [-0.25, -0.2) is 0 Å². The fourth-order valence-electron chi connectivity index (χ4n) is 2.17. The molecule has 0 aliphatic heterocycles. The van der Waals surface area contributed by atoms with Crippen molar-refractivity contribution >= 4 is 0 Å². The van der Waals surface area contributed by atoms with Crippen LogP contribution in [0.2, 0.25) is 0 Å². The van der Waals surface area contributed by atoms with Crippen molar-refractivity contribution in [1.29, 1.82) is 0 Å². The van der Waals surface area contributed by atoms with E-state index in [0.29, 0.717) is 0 Å². The molecule has 1 nitrogen and oxygen atoms in total. The van der Waals surface area contributed by atoms with Crippen LogP contribution in [-0.4, -0.2) is 0 Å². The van der Waals surface area contributed by atoms with Crippen LogP contribution in [0.4, 0.5) is 0 Å². The molecule has 3 rings (SSSR count). The van der Waals surface area contributed by atoms with Crippen molar-refractivity contribution in [3.05, 3.63) is 84.4 Å². The maximum Gasteiger partial charge on any atom is 0.128 e. The monoisotopic (exact) mass is 259 g/mol. The molecular weight excluding hydrogens is 244 g/mol. The number of benzene rings is 3. The fraction of sp³-hybridized carbons (Fsp3) is 0.0526. The first kappa shape index (κ1) is 12.5. The van der Waals surface area contributed by atoms with Crippen LogP contribution < -0.4 is 4.74 Å². The number of para-hydroxylation sites is 1. The third-order valence-corrected chi connectivity index (χ3v) is 3.17. The van der Waals surface area contributed by atoms with Gasteiger partial charge in [0, 0.05) is 0 Å². The molecule has 3 aromatic carbocycles. The van der Waals surface area contributed by atoms with Crippen molar-refractivity contribution in [2.24, 2.45) is 0 Å². The Balaban J connectivity index is 1.92. The average molecular weight is 259 g/mol. The lowest BCUT2D eigenvalue weighted by Gasteiger charge is -2.09. The van der Waals surface area contributed by atoms with Crippen LogP contribution in [0, 0.1) is 13.0 Å². The van der Waals surface area contributed by atoms with Gasteiger partial charge in [0.05, 0.1) is 0 Å². The second kappa shape index (κ2) is 5.62. The van der Waals surface area contributed by atoms with Gasteiger partial charge in [0.15, 0.2) is 0 Å². The van der Waals surface area contributed by atoms with Gasteiger partial charge >= 0.3 is 0 Å². The van der Waals surface area contributed by atoms with E-state index in [4.69, 9.17) is 4.74 Å². The number of ether oxygens (including phenoxy) is 1. The summed E-state index contributed by atoms with van der Waals surface area (Å²) < 4.78 is 5.87. The van der Waals surface area contributed by atoms with Crippen LogP contribution in [0.1, 0.15) is 5.56 Å². The molecule has 0 aliphatic rings. The van der Waals surface area contributed by atoms with Crippen molar-refractivity contribution in [2.75, 3.05) is 0 Å². The van der Waals surface area contributed by atoms with Gasteiger partial charge in [-0.05, 0) is 53.9 Å². The second-order valence-corrected chi connectivity index (χ2v) is 4.67. The predicted molar refractivity (Wildman–Crippen MR) is 82.0 cm³/mol. The Labute approximate surface area is 119 Å². The van der Waals surface area contributed by atoms with E-state index in [9.17, 15) is 0 Å². The van der Waals surface area contributed by atoms with Crippen LogP contribution in [0.15, 0.2) is 72.8 Å². The SMILES string of the molecule is Cc1ccc[c]c1-c1cccc(Oc2ccccc2)c1. The average Bonchev–Trinajstić information content (AvgIpc) is 2.49. The molecule has 0 aromatic heterocycles. The summed E-state index contributed by atoms with van der Waals surface area (Å²) in [5.74, 6) is 1.68. The highest BCUT2D eigenvalue weighted by atomic mass is 16.5. The van der Waals surface area contributed by atoms with Crippen LogP contribution in [0.3, 0.4) is 0 Å². The highest BCUT2D eigenvalue weighted by molar-refractivity contribution is 5.67. The quantitative estimate of drug-likeness (QED) is 0.623. The van der Waals surface area contributed by atoms with Crippen molar-refractivity contribution in [3.8, 4) is 22.6 Å². The molecule has 0 amide bonds. The normalized spacial score (nSPS) is 10.2. The summed E-state index contributed by atoms with van der Waals surface area (Å²) in [6.45, 7) is 2.09. The van der Waals surface area contributed by atoms with Gasteiger partial charge in [0.25, 0.3) is 0 Å². The Bertz CT molecular complexity index is 702. The number of hydrogen-bond acceptors (Lipinski definition) is 1. The van der Waals surface area contributed by atoms with Gasteiger partial charge in [0.1, 0.15) is 11.5 Å². The number of rotatable bonds is 3. The van der Waals surface area contributed by atoms with E-state index >= 15 is 0 Å². The summed E-state index contributed by atoms with van der Waals surface area (Å²) in [7, 11) is 0. The minimum atomic E-state index is 0.838. The Hall–Kier alpha value is -2.54. The number of aryl methyl sites for hydroxylation is 1. The third-order valence-electron chi connectivity index (χ3n) is 3.17. The minimum Gasteiger partial charge on any atom is -0.457 e. The van der Waals surface area contributed by atoms with E-state index in [2.05, 4.69) is 25.1 Å². The maximum absolute atomic E-state index is 5.87. The van der Waals surface area contributed by atoms with Crippen molar-refractivity contribution in [2.45, 2.75) is 6.92 Å². The molecule has 0 saturated heterocycles. The molecule has 1 radical (unpaired) electrons. The minimum absolute atomic E-state index is 0.838. The summed E-state index contributed by atoms with van der Waals surface area (Å²) in [5, 5.41) is 0. The summed E-state index contributed by atoms with van der Waals surface area (Å²) in [6, 6.07) is 27.2. The molecule has 0 N–H and O–H groups in total. The van der Waals surface area contributed by atoms with Gasteiger partial charge in [-0.1, -0.05) is 48.5 Å². The Morgan fingerprint density at radius 3 is 2.40 bits per heavy atom. The zero-order chi connectivity index (χ0) is 13.8. The Morgan fingerprint density at radius 1 is 0.800 bits per heavy atom. The van der Waals surface area contributed by atoms with Crippen molar-refractivity contribution < 1.29 is 4.74 Å². The van der Waals surface area contributed by atoms with Gasteiger partial charge < -0.3 is 4.74 Å². The molecule has 3 aromatic rings. The van der Waals surface area contributed by atoms with E-state index in [-0.39, 0.29) is 0 Å². The van der Waals surface area contributed by atoms with Crippen LogP contribution in [0.5, 0.6) is 11.5 Å². The molecule has 0 atom stereocenters. The van der Waals surface area contributed by atoms with Gasteiger partial charge in [-0.3, -0.25) is 0 Å². The summed E-state index contributed by atoms with van der Waals surface area (Å²) in [5.41, 5.74) is 3.45. The second-order valence-electron chi connectivity index (χ2n) is 4.67. The maximum atomic E-state index is 5.87. The molecular formula is C19H15O. The molecule has 0 bridgehead atoms. The van der Waals surface area contributed by atoms with E-state index in [0.717, 1.165) is 22.6 Å². The number of hydrogen-bond donors (Lipinski definition) is 0. The highest BCUT2D eigenvalue weighted by Crippen LogP contribution is 2.28. The van der Waals surface area contributed by atoms with E-state index in [1.165, 1.54) is 5.56 Å². The molecule has 0 heterocycles. The van der Waals surface area contributed by atoms with E-state index in [1.54, 1.807) is 0 Å². The summed E-state index contributed by atoms with van der Waals surface area (Å²) in [6.07, 6.45) is 0. The van der Waals surface area contributed by atoms with Crippen molar-refractivity contribution in [1.82, 2.24) is 0 Å². The first-order chi connectivity index (χ1) is 9.83. The summed E-state index contributed by atoms with van der Waals surface area (Å²) in [4.78, 5) is 0. The van der Waals surface area contributed by atoms with Gasteiger partial charge in [-0.2, -0.15) is 0 Å². The smallest absolute Gasteiger partial charge is 0.128 e. The van der Waals surface area contributed by atoms with Crippen LogP contribution in [0.25, 0.3) is 11.1 Å². The lowest BCUT2D eigenvalue weighted by molar-refractivity contribution is 0.483. The Kier molecular flexibility index (Phi) is 3.51. The first-order valence-corrected chi connectivity index (χ1v) is 6.63. The molecule has 0 unspecified atom stereocenters. The molecule has 0 aliphatic carbocycles. The molecule has 20 heavy (non-hydrogen) atoms. The fourth-order valence-corrected chi connectivity index (χ4v) is 2.17. The predicted octanol–water partition coefficient (Wildman–Crippen LogP) is 5.25. The largest absolute Gasteiger partial charge is 0.457 e. The lowest BCUT2D eigenvalue weighted by atomic mass is 10.0. The Morgan fingerprint density at radius 2 is 1.60 bits per heavy atom. The van der Waals surface area contributed by atoms with Crippen LogP contribution >= 0.6 is 0 Å². The van der Waals surface area contributed by atoms with Gasteiger partial charge in [0.2, 0.25) is 0 Å². The zero-order valence-electron chi connectivity index (χ0n) is 11.3. The van der Waals surface area contributed by atoms with Gasteiger partial charge in [-0.15, -0.1) is 0 Å². The summed E-state index contributed by atoms with van der Waals surface area (Å²) >= 11 is 0. The third kappa shape index (κ3) is 2.72. The van der Waals surface area contributed by atoms with E-state index in [1.807, 2.05) is 60.7 Å². The van der Waals surface area contributed by atoms with Crippen LogP contribution in [-0.2, 0) is 0 Å². The molecule has 0 spiro atoms.